The number of nitrogens with one attached hydrogen (secondary N) is 2. The van der Waals surface area contributed by atoms with Crippen LogP contribution in [0.1, 0.15) is 25.7 Å². The van der Waals surface area contributed by atoms with Crippen LogP contribution in [0.15, 0.2) is 42.9 Å². The lowest BCUT2D eigenvalue weighted by atomic mass is 9.91. The monoisotopic (exact) mass is 336 g/mol. The Morgan fingerprint density at radius 1 is 1.12 bits per heavy atom. The predicted molar refractivity (Wildman–Crippen MR) is 102 cm³/mol. The highest BCUT2D eigenvalue weighted by molar-refractivity contribution is 5.93. The zero-order valence-corrected chi connectivity index (χ0v) is 14.4. The minimum absolute atomic E-state index is 0.185. The third kappa shape index (κ3) is 3.30. The molecule has 6 heteroatoms. The van der Waals surface area contributed by atoms with Gasteiger partial charge in [-0.2, -0.15) is 0 Å². The molecule has 25 heavy (non-hydrogen) atoms. The first-order valence-electron chi connectivity index (χ1n) is 8.86. The van der Waals surface area contributed by atoms with Gasteiger partial charge in [-0.1, -0.05) is 18.9 Å². The molecular formula is C19H24N6. The van der Waals surface area contributed by atoms with Gasteiger partial charge in [0, 0.05) is 41.9 Å². The van der Waals surface area contributed by atoms with Crippen molar-refractivity contribution >= 4 is 28.2 Å². The molecule has 0 bridgehead atoms. The number of nitrogens with two attached hydrogens (primary N) is 1. The summed E-state index contributed by atoms with van der Waals surface area (Å²) in [7, 11) is 2.05. The van der Waals surface area contributed by atoms with Crippen LogP contribution in [0.2, 0.25) is 0 Å². The van der Waals surface area contributed by atoms with E-state index in [0.717, 1.165) is 30.2 Å². The minimum Gasteiger partial charge on any atom is -0.364 e. The van der Waals surface area contributed by atoms with Gasteiger partial charge >= 0.3 is 0 Å². The fourth-order valence-electron chi connectivity index (χ4n) is 3.57. The van der Waals surface area contributed by atoms with E-state index in [4.69, 9.17) is 5.73 Å². The van der Waals surface area contributed by atoms with E-state index in [1.54, 1.807) is 12.4 Å². The summed E-state index contributed by atoms with van der Waals surface area (Å²) in [6.45, 7) is 0. The molecule has 0 unspecified atom stereocenters. The standard InChI is InChI=1S/C19H24N6/c1-25-10-9-13-15(7-4-8-17(13)25)22-18-11-21-12-19(24-18)23-16-6-3-2-5-14(16)20/h4,7-12,14,16H,2-3,5-6,20H2,1H3,(H2,22,23,24)/t14-,16+/m0/s1. The van der Waals surface area contributed by atoms with E-state index in [9.17, 15) is 0 Å². The van der Waals surface area contributed by atoms with Gasteiger partial charge in [-0.3, -0.25) is 4.98 Å². The van der Waals surface area contributed by atoms with Crippen LogP contribution in [0.25, 0.3) is 10.9 Å². The fourth-order valence-corrected chi connectivity index (χ4v) is 3.57. The largest absolute Gasteiger partial charge is 0.364 e. The number of aromatic nitrogens is 3. The van der Waals surface area contributed by atoms with E-state index < -0.39 is 0 Å². The topological polar surface area (TPSA) is 80.8 Å². The maximum Gasteiger partial charge on any atom is 0.151 e. The molecule has 4 rings (SSSR count). The Morgan fingerprint density at radius 2 is 1.96 bits per heavy atom. The molecule has 2 aromatic heterocycles. The number of hydrogen-bond acceptors (Lipinski definition) is 5. The van der Waals surface area contributed by atoms with Gasteiger partial charge in [0.1, 0.15) is 5.82 Å². The SMILES string of the molecule is Cn1ccc2c(Nc3cncc(N[C@@H]4CCCC[C@@H]4N)n3)cccc21. The van der Waals surface area contributed by atoms with Crippen molar-refractivity contribution in [1.29, 1.82) is 0 Å². The van der Waals surface area contributed by atoms with Crippen molar-refractivity contribution in [2.75, 3.05) is 10.6 Å². The van der Waals surface area contributed by atoms with E-state index in [1.165, 1.54) is 23.7 Å². The van der Waals surface area contributed by atoms with Crippen LogP contribution in [0.4, 0.5) is 17.3 Å². The molecule has 1 fully saturated rings. The van der Waals surface area contributed by atoms with Crippen LogP contribution in [-0.2, 0) is 7.05 Å². The van der Waals surface area contributed by atoms with Gasteiger partial charge < -0.3 is 20.9 Å². The van der Waals surface area contributed by atoms with E-state index >= 15 is 0 Å². The summed E-state index contributed by atoms with van der Waals surface area (Å²) >= 11 is 0. The van der Waals surface area contributed by atoms with Gasteiger partial charge in [-0.05, 0) is 31.0 Å². The summed E-state index contributed by atoms with van der Waals surface area (Å²) in [5.41, 5.74) is 8.43. The van der Waals surface area contributed by atoms with Gasteiger partial charge in [0.25, 0.3) is 0 Å². The second kappa shape index (κ2) is 6.72. The van der Waals surface area contributed by atoms with Crippen molar-refractivity contribution in [3.05, 3.63) is 42.9 Å². The molecule has 1 aromatic carbocycles. The molecule has 2 atom stereocenters. The zero-order valence-electron chi connectivity index (χ0n) is 14.4. The summed E-state index contributed by atoms with van der Waals surface area (Å²) in [5, 5.41) is 8.01. The van der Waals surface area contributed by atoms with Crippen LogP contribution in [0, 0.1) is 0 Å². The Morgan fingerprint density at radius 3 is 2.84 bits per heavy atom. The molecule has 0 saturated heterocycles. The Hall–Kier alpha value is -2.60. The highest BCUT2D eigenvalue weighted by atomic mass is 15.1. The smallest absolute Gasteiger partial charge is 0.151 e. The van der Waals surface area contributed by atoms with E-state index in [0.29, 0.717) is 0 Å². The first kappa shape index (κ1) is 15.9. The average Bonchev–Trinajstić information content (AvgIpc) is 3.00. The van der Waals surface area contributed by atoms with Gasteiger partial charge in [-0.15, -0.1) is 0 Å². The molecule has 0 radical (unpaired) electrons. The molecule has 130 valence electrons. The molecule has 0 amide bonds. The third-order valence-corrected chi connectivity index (χ3v) is 4.98. The summed E-state index contributed by atoms with van der Waals surface area (Å²) < 4.78 is 2.11. The normalized spacial score (nSPS) is 20.6. The first-order chi connectivity index (χ1) is 12.2. The fraction of sp³-hybridized carbons (Fsp3) is 0.368. The first-order valence-corrected chi connectivity index (χ1v) is 8.86. The summed E-state index contributed by atoms with van der Waals surface area (Å²) in [6, 6.07) is 8.77. The summed E-state index contributed by atoms with van der Waals surface area (Å²) in [5.74, 6) is 1.50. The second-order valence-corrected chi connectivity index (χ2v) is 6.78. The molecule has 3 aromatic rings. The zero-order chi connectivity index (χ0) is 17.2. The second-order valence-electron chi connectivity index (χ2n) is 6.78. The van der Waals surface area contributed by atoms with E-state index in [2.05, 4.69) is 49.6 Å². The molecule has 2 heterocycles. The van der Waals surface area contributed by atoms with Crippen molar-refractivity contribution in [2.24, 2.45) is 12.8 Å². The van der Waals surface area contributed by atoms with Crippen molar-refractivity contribution < 1.29 is 0 Å². The number of anilines is 3. The predicted octanol–water partition coefficient (Wildman–Crippen LogP) is 3.39. The molecule has 6 nitrogen and oxygen atoms in total. The molecule has 1 saturated carbocycles. The number of hydrogen-bond donors (Lipinski definition) is 3. The minimum atomic E-state index is 0.185. The summed E-state index contributed by atoms with van der Waals surface area (Å²) in [6.07, 6.45) is 10.1. The Bertz CT molecular complexity index is 871. The number of fused-ring (bicyclic) bond motifs is 1. The van der Waals surface area contributed by atoms with Gasteiger partial charge in [0.15, 0.2) is 5.82 Å². The molecule has 1 aliphatic carbocycles. The maximum absolute atomic E-state index is 6.22. The van der Waals surface area contributed by atoms with Crippen LogP contribution < -0.4 is 16.4 Å². The van der Waals surface area contributed by atoms with Gasteiger partial charge in [0.2, 0.25) is 0 Å². The average molecular weight is 336 g/mol. The summed E-state index contributed by atoms with van der Waals surface area (Å²) in [4.78, 5) is 8.99. The Kier molecular flexibility index (Phi) is 4.28. The Labute approximate surface area is 147 Å². The Balaban J connectivity index is 1.55. The molecule has 4 N–H and O–H groups in total. The van der Waals surface area contributed by atoms with E-state index in [1.807, 2.05) is 13.1 Å². The highest BCUT2D eigenvalue weighted by Crippen LogP contribution is 2.27. The lowest BCUT2D eigenvalue weighted by Gasteiger charge is -2.29. The highest BCUT2D eigenvalue weighted by Gasteiger charge is 2.21. The maximum atomic E-state index is 6.22. The lowest BCUT2D eigenvalue weighted by Crippen LogP contribution is -2.42. The van der Waals surface area contributed by atoms with Crippen molar-refractivity contribution in [3.63, 3.8) is 0 Å². The molecule has 0 aliphatic heterocycles. The molecule has 0 spiro atoms. The van der Waals surface area contributed by atoms with E-state index in [-0.39, 0.29) is 12.1 Å². The quantitative estimate of drug-likeness (QED) is 0.680. The van der Waals surface area contributed by atoms with Gasteiger partial charge in [-0.25, -0.2) is 4.98 Å². The van der Waals surface area contributed by atoms with Crippen LogP contribution >= 0.6 is 0 Å². The van der Waals surface area contributed by atoms with Crippen LogP contribution in [0.3, 0.4) is 0 Å². The van der Waals surface area contributed by atoms with Crippen molar-refractivity contribution in [1.82, 2.24) is 14.5 Å². The molecular weight excluding hydrogens is 312 g/mol. The molecule has 1 aliphatic rings. The number of nitrogens with zero attached hydrogens (tertiary/aromatic N) is 3. The van der Waals surface area contributed by atoms with Crippen molar-refractivity contribution in [3.8, 4) is 0 Å². The number of benzene rings is 1. The lowest BCUT2D eigenvalue weighted by molar-refractivity contribution is 0.403. The van der Waals surface area contributed by atoms with Crippen molar-refractivity contribution in [2.45, 2.75) is 37.8 Å². The van der Waals surface area contributed by atoms with Crippen LogP contribution in [0.5, 0.6) is 0 Å². The number of aryl methyl sites for hydroxylation is 1. The third-order valence-electron chi connectivity index (χ3n) is 4.98. The van der Waals surface area contributed by atoms with Crippen LogP contribution in [-0.4, -0.2) is 26.6 Å². The number of rotatable bonds is 4. The van der Waals surface area contributed by atoms with Gasteiger partial charge in [0.05, 0.1) is 12.4 Å².